The van der Waals surface area contributed by atoms with Crippen molar-refractivity contribution in [2.24, 2.45) is 0 Å². The van der Waals surface area contributed by atoms with E-state index in [9.17, 15) is 5.11 Å². The average Bonchev–Trinajstić information content (AvgIpc) is 2.52. The lowest BCUT2D eigenvalue weighted by Crippen LogP contribution is -2.34. The summed E-state index contributed by atoms with van der Waals surface area (Å²) in [6.45, 7) is 14.4. The Morgan fingerprint density at radius 2 is 1.84 bits per heavy atom. The van der Waals surface area contributed by atoms with E-state index in [4.69, 9.17) is 14.2 Å². The Hall–Kier alpha value is -0.983. The minimum absolute atomic E-state index is 0.178. The van der Waals surface area contributed by atoms with Gasteiger partial charge in [-0.15, -0.1) is 6.58 Å². The molecule has 0 unspecified atom stereocenters. The molecule has 0 spiro atoms. The average molecular weight is 367 g/mol. The third kappa shape index (κ3) is 11.3. The zero-order chi connectivity index (χ0) is 18.7. The summed E-state index contributed by atoms with van der Waals surface area (Å²) in [5.74, 6) is 0. The van der Waals surface area contributed by atoms with Crippen molar-refractivity contribution < 1.29 is 19.3 Å². The Balaban J connectivity index is 2.39. The van der Waals surface area contributed by atoms with Gasteiger partial charge < -0.3 is 19.3 Å². The number of aliphatic hydroxyl groups excluding tert-OH is 1. The van der Waals surface area contributed by atoms with Crippen LogP contribution in [0.15, 0.2) is 42.5 Å². The zero-order valence-corrected chi connectivity index (χ0v) is 17.2. The van der Waals surface area contributed by atoms with E-state index in [1.807, 2.05) is 37.3 Å². The van der Waals surface area contributed by atoms with E-state index in [2.05, 4.69) is 26.2 Å². The van der Waals surface area contributed by atoms with Crippen molar-refractivity contribution in [3.05, 3.63) is 48.0 Å². The molecular formula is C20H34O4Si. The van der Waals surface area contributed by atoms with Crippen LogP contribution in [0.4, 0.5) is 0 Å². The van der Waals surface area contributed by atoms with Crippen molar-refractivity contribution in [3.63, 3.8) is 0 Å². The molecule has 0 aromatic heterocycles. The van der Waals surface area contributed by atoms with Gasteiger partial charge in [0.2, 0.25) is 0 Å². The molecule has 5 heteroatoms. The topological polar surface area (TPSA) is 47.9 Å². The van der Waals surface area contributed by atoms with Gasteiger partial charge in [0.05, 0.1) is 19.3 Å². The fourth-order valence-electron chi connectivity index (χ4n) is 2.20. The fraction of sp³-hybridized carbons (Fsp3) is 0.600. The Morgan fingerprint density at radius 3 is 2.44 bits per heavy atom. The normalized spacial score (nSPS) is 14.3. The Kier molecular flexibility index (Phi) is 10.2. The molecule has 1 aromatic carbocycles. The van der Waals surface area contributed by atoms with Gasteiger partial charge in [0.25, 0.3) is 0 Å². The first-order valence-corrected chi connectivity index (χ1v) is 12.6. The molecule has 0 saturated heterocycles. The molecule has 4 nitrogen and oxygen atoms in total. The Bertz CT molecular complexity index is 484. The van der Waals surface area contributed by atoms with Crippen molar-refractivity contribution in [1.29, 1.82) is 0 Å². The molecule has 0 bridgehead atoms. The number of rotatable bonds is 13. The van der Waals surface area contributed by atoms with Crippen LogP contribution < -0.4 is 0 Å². The quantitative estimate of drug-likeness (QED) is 0.246. The third-order valence-electron chi connectivity index (χ3n) is 3.74. The molecule has 0 amide bonds. The van der Waals surface area contributed by atoms with Crippen molar-refractivity contribution in [2.75, 3.05) is 20.0 Å². The molecule has 2 atom stereocenters. The van der Waals surface area contributed by atoms with E-state index < -0.39 is 20.3 Å². The molecule has 0 aliphatic heterocycles. The lowest BCUT2D eigenvalue weighted by Gasteiger charge is -2.24. The van der Waals surface area contributed by atoms with Gasteiger partial charge in [-0.3, -0.25) is 0 Å². The van der Waals surface area contributed by atoms with Gasteiger partial charge in [0.1, 0.15) is 12.9 Å². The van der Waals surface area contributed by atoms with Crippen LogP contribution in [0.1, 0.15) is 18.9 Å². The van der Waals surface area contributed by atoms with Crippen LogP contribution >= 0.6 is 0 Å². The van der Waals surface area contributed by atoms with Gasteiger partial charge in [-0.05, 0) is 25.0 Å². The van der Waals surface area contributed by atoms with E-state index in [-0.39, 0.29) is 6.79 Å². The molecule has 25 heavy (non-hydrogen) atoms. The summed E-state index contributed by atoms with van der Waals surface area (Å²) in [5, 5.41) is 10.3. The van der Waals surface area contributed by atoms with Gasteiger partial charge in [0.15, 0.2) is 0 Å². The summed E-state index contributed by atoms with van der Waals surface area (Å²) in [5.41, 5.74) is 2.02. The minimum atomic E-state index is -1.10. The number of ether oxygens (including phenoxy) is 3. The highest BCUT2D eigenvalue weighted by molar-refractivity contribution is 6.76. The van der Waals surface area contributed by atoms with Crippen LogP contribution in [0.25, 0.3) is 0 Å². The molecule has 0 aliphatic rings. The molecule has 0 fully saturated rings. The fourth-order valence-corrected chi connectivity index (χ4v) is 2.96. The van der Waals surface area contributed by atoms with Gasteiger partial charge in [-0.2, -0.15) is 0 Å². The summed E-state index contributed by atoms with van der Waals surface area (Å²) < 4.78 is 17.1. The predicted molar refractivity (Wildman–Crippen MR) is 105 cm³/mol. The van der Waals surface area contributed by atoms with Crippen LogP contribution in [-0.2, 0) is 20.8 Å². The van der Waals surface area contributed by atoms with E-state index in [1.54, 1.807) is 0 Å². The summed E-state index contributed by atoms with van der Waals surface area (Å²) in [6, 6.07) is 11.1. The highest BCUT2D eigenvalue weighted by Gasteiger charge is 2.21. The monoisotopic (exact) mass is 366 g/mol. The van der Waals surface area contributed by atoms with Gasteiger partial charge in [0, 0.05) is 14.7 Å². The molecule has 142 valence electrons. The summed E-state index contributed by atoms with van der Waals surface area (Å²) in [4.78, 5) is 0. The summed E-state index contributed by atoms with van der Waals surface area (Å²) >= 11 is 0. The van der Waals surface area contributed by atoms with E-state index >= 15 is 0 Å². The molecule has 0 aliphatic carbocycles. The minimum Gasteiger partial charge on any atom is -0.390 e. The lowest BCUT2D eigenvalue weighted by molar-refractivity contribution is -0.144. The van der Waals surface area contributed by atoms with E-state index in [0.29, 0.717) is 26.2 Å². The molecular weight excluding hydrogens is 332 g/mol. The molecule has 1 aromatic rings. The first-order valence-electron chi connectivity index (χ1n) is 8.91. The van der Waals surface area contributed by atoms with E-state index in [1.165, 1.54) is 0 Å². The summed E-state index contributed by atoms with van der Waals surface area (Å²) in [7, 11) is -1.10. The number of hydrogen-bond donors (Lipinski definition) is 1. The second-order valence-corrected chi connectivity index (χ2v) is 13.4. The van der Waals surface area contributed by atoms with Crippen molar-refractivity contribution in [1.82, 2.24) is 0 Å². The zero-order valence-electron chi connectivity index (χ0n) is 16.2. The smallest absolute Gasteiger partial charge is 0.147 e. The van der Waals surface area contributed by atoms with Gasteiger partial charge >= 0.3 is 0 Å². The van der Waals surface area contributed by atoms with Gasteiger partial charge in [-0.1, -0.05) is 55.5 Å². The first kappa shape index (κ1) is 22.1. The molecule has 0 saturated carbocycles. The van der Waals surface area contributed by atoms with Crippen molar-refractivity contribution in [2.45, 2.75) is 57.8 Å². The van der Waals surface area contributed by atoms with E-state index in [0.717, 1.165) is 17.2 Å². The van der Waals surface area contributed by atoms with Crippen LogP contribution in [0.3, 0.4) is 0 Å². The molecule has 0 heterocycles. The van der Waals surface area contributed by atoms with Gasteiger partial charge in [-0.25, -0.2) is 0 Å². The van der Waals surface area contributed by atoms with Crippen LogP contribution in [-0.4, -0.2) is 45.4 Å². The first-order chi connectivity index (χ1) is 11.8. The standard InChI is InChI=1S/C20H34O4Si/c1-17(2)13-19(21)20(24-16-22-11-12-25(3,4)5)15-23-14-18-9-7-6-8-10-18/h6-10,19-21H,1,11-16H2,2-5H3/t19-,20+/m0/s1. The third-order valence-corrected chi connectivity index (χ3v) is 5.45. The maximum Gasteiger partial charge on any atom is 0.147 e. The highest BCUT2D eigenvalue weighted by Crippen LogP contribution is 2.12. The number of benzene rings is 1. The second-order valence-electron chi connectivity index (χ2n) is 7.77. The second kappa shape index (κ2) is 11.6. The predicted octanol–water partition coefficient (Wildman–Crippen LogP) is 4.23. The maximum atomic E-state index is 10.3. The molecule has 1 N–H and O–H groups in total. The molecule has 0 radical (unpaired) electrons. The SMILES string of the molecule is C=C(C)C[C@H](O)[C@@H](COCc1ccccc1)OCOCC[Si](C)(C)C. The maximum absolute atomic E-state index is 10.3. The number of hydrogen-bond acceptors (Lipinski definition) is 4. The lowest BCUT2D eigenvalue weighted by atomic mass is 10.1. The summed E-state index contributed by atoms with van der Waals surface area (Å²) in [6.07, 6.45) is -0.574. The van der Waals surface area contributed by atoms with Crippen molar-refractivity contribution >= 4 is 8.07 Å². The molecule has 1 rings (SSSR count). The van der Waals surface area contributed by atoms with Crippen LogP contribution in [0, 0.1) is 0 Å². The van der Waals surface area contributed by atoms with Crippen molar-refractivity contribution in [3.8, 4) is 0 Å². The Labute approximate surface area is 153 Å². The van der Waals surface area contributed by atoms with Crippen LogP contribution in [0.2, 0.25) is 25.7 Å². The highest BCUT2D eigenvalue weighted by atomic mass is 28.3. The number of aliphatic hydroxyl groups is 1. The Morgan fingerprint density at radius 1 is 1.16 bits per heavy atom. The largest absolute Gasteiger partial charge is 0.390 e. The van der Waals surface area contributed by atoms with Crippen LogP contribution in [0.5, 0.6) is 0 Å².